The smallest absolute Gasteiger partial charge is 0.447 e. The average molecular weight is 439 g/mol. The molecule has 3 rings (SSSR count). The summed E-state index contributed by atoms with van der Waals surface area (Å²) in [5, 5.41) is 31.2. The van der Waals surface area contributed by atoms with Crippen LogP contribution in [0.4, 0.5) is 4.79 Å². The molecule has 1 saturated carbocycles. The second kappa shape index (κ2) is 9.76. The van der Waals surface area contributed by atoms with Crippen molar-refractivity contribution in [1.82, 2.24) is 10.2 Å². The summed E-state index contributed by atoms with van der Waals surface area (Å²) in [6.45, 7) is 6.31. The van der Waals surface area contributed by atoms with Gasteiger partial charge in [-0.25, -0.2) is 4.79 Å². The molecule has 1 aromatic carbocycles. The highest BCUT2D eigenvalue weighted by Gasteiger charge is 2.54. The zero-order valence-electron chi connectivity index (χ0n) is 18.7. The van der Waals surface area contributed by atoms with Crippen LogP contribution in [0.3, 0.4) is 0 Å². The van der Waals surface area contributed by atoms with Gasteiger partial charge >= 0.3 is 13.2 Å². The fourth-order valence-corrected chi connectivity index (χ4v) is 4.20. The van der Waals surface area contributed by atoms with Crippen molar-refractivity contribution in [1.29, 1.82) is 5.26 Å². The number of nitriles is 1. The van der Waals surface area contributed by atoms with Crippen molar-refractivity contribution in [2.24, 2.45) is 17.3 Å². The molecule has 8 nitrogen and oxygen atoms in total. The molecule has 32 heavy (non-hydrogen) atoms. The van der Waals surface area contributed by atoms with Crippen LogP contribution in [0.1, 0.15) is 32.8 Å². The van der Waals surface area contributed by atoms with E-state index in [-0.39, 0.29) is 41.9 Å². The lowest BCUT2D eigenvalue weighted by molar-refractivity contribution is -0.129. The van der Waals surface area contributed by atoms with Crippen molar-refractivity contribution < 1.29 is 24.4 Å². The molecule has 9 heteroatoms. The maximum Gasteiger partial charge on any atom is 0.475 e. The van der Waals surface area contributed by atoms with Gasteiger partial charge in [-0.15, -0.1) is 0 Å². The molecule has 1 aliphatic heterocycles. The first-order valence-corrected chi connectivity index (χ1v) is 10.9. The third-order valence-corrected chi connectivity index (χ3v) is 5.84. The molecule has 1 aromatic rings. The Morgan fingerprint density at radius 2 is 2.03 bits per heavy atom. The fourth-order valence-electron chi connectivity index (χ4n) is 4.20. The van der Waals surface area contributed by atoms with Crippen molar-refractivity contribution >= 4 is 19.1 Å². The Hall–Kier alpha value is -2.83. The molecule has 1 heterocycles. The number of carbonyl (C=O) groups excluding carboxylic acids is 2. The van der Waals surface area contributed by atoms with E-state index in [9.17, 15) is 24.9 Å². The van der Waals surface area contributed by atoms with Crippen LogP contribution in [0.5, 0.6) is 0 Å². The summed E-state index contributed by atoms with van der Waals surface area (Å²) in [5.41, 5.74) is 0.627. The Morgan fingerprint density at radius 1 is 1.34 bits per heavy atom. The summed E-state index contributed by atoms with van der Waals surface area (Å²) < 4.78 is 5.37. The number of fused-ring (bicyclic) bond motifs is 1. The number of hydrogen-bond donors (Lipinski definition) is 3. The zero-order chi connectivity index (χ0) is 23.5. The second-order valence-electron chi connectivity index (χ2n) is 9.67. The normalized spacial score (nSPS) is 23.1. The van der Waals surface area contributed by atoms with E-state index in [1.807, 2.05) is 57.2 Å². The van der Waals surface area contributed by atoms with Gasteiger partial charge in [-0.1, -0.05) is 57.2 Å². The minimum atomic E-state index is -1.75. The van der Waals surface area contributed by atoms with E-state index in [2.05, 4.69) is 5.32 Å². The number of benzene rings is 1. The Morgan fingerprint density at radius 3 is 2.62 bits per heavy atom. The number of carbonyl (C=O) groups is 2. The van der Waals surface area contributed by atoms with Crippen LogP contribution in [0.15, 0.2) is 42.0 Å². The number of amides is 2. The first-order chi connectivity index (χ1) is 15.1. The molecule has 2 amide bonds. The summed E-state index contributed by atoms with van der Waals surface area (Å²) in [6.07, 6.45) is 2.09. The molecule has 2 aliphatic rings. The molecule has 2 fully saturated rings. The molecule has 0 spiro atoms. The summed E-state index contributed by atoms with van der Waals surface area (Å²) in [5.74, 6) is -0.642. The predicted molar refractivity (Wildman–Crippen MR) is 119 cm³/mol. The van der Waals surface area contributed by atoms with Gasteiger partial charge in [-0.2, -0.15) is 5.26 Å². The van der Waals surface area contributed by atoms with E-state index in [1.54, 1.807) is 11.0 Å². The molecule has 4 atom stereocenters. The Balaban J connectivity index is 1.59. The summed E-state index contributed by atoms with van der Waals surface area (Å²) >= 11 is 0. The maximum atomic E-state index is 13.0. The number of ether oxygens (including phenoxy) is 1. The van der Waals surface area contributed by atoms with Crippen molar-refractivity contribution in [3.05, 3.63) is 47.5 Å². The van der Waals surface area contributed by atoms with Crippen LogP contribution in [0.2, 0.25) is 0 Å². The lowest BCUT2D eigenvalue weighted by Gasteiger charge is -2.28. The Kier molecular flexibility index (Phi) is 7.27. The summed E-state index contributed by atoms with van der Waals surface area (Å²) in [4.78, 5) is 26.9. The monoisotopic (exact) mass is 439 g/mol. The number of piperidine rings is 1. The quantitative estimate of drug-likeness (QED) is 0.338. The van der Waals surface area contributed by atoms with Crippen LogP contribution < -0.4 is 5.32 Å². The lowest BCUT2D eigenvalue weighted by Crippen LogP contribution is -2.49. The topological polar surface area (TPSA) is 123 Å². The highest BCUT2D eigenvalue weighted by molar-refractivity contribution is 6.43. The minimum Gasteiger partial charge on any atom is -0.447 e. The van der Waals surface area contributed by atoms with Crippen LogP contribution in [-0.4, -0.2) is 59.2 Å². The number of alkyl carbamates (subject to hydrolysis) is 1. The van der Waals surface area contributed by atoms with Gasteiger partial charge < -0.3 is 25.0 Å². The van der Waals surface area contributed by atoms with Crippen molar-refractivity contribution in [3.8, 4) is 6.07 Å². The molecule has 1 saturated heterocycles. The van der Waals surface area contributed by atoms with E-state index in [0.717, 1.165) is 12.0 Å². The van der Waals surface area contributed by atoms with Crippen LogP contribution in [-0.2, 0) is 16.0 Å². The van der Waals surface area contributed by atoms with Crippen LogP contribution in [0.25, 0.3) is 0 Å². The number of hydrogen-bond acceptors (Lipinski definition) is 6. The molecule has 0 aromatic heterocycles. The van der Waals surface area contributed by atoms with Gasteiger partial charge in [0, 0.05) is 6.54 Å². The van der Waals surface area contributed by atoms with E-state index in [0.29, 0.717) is 12.5 Å². The fraction of sp³-hybridized carbons (Fsp3) is 0.522. The highest BCUT2D eigenvalue weighted by atomic mass is 16.5. The molecular formula is C23H30BN3O5. The standard InChI is InChI=1S/C23H30BN3O5/c1-23(2,3)11-17(12-25)21(28)27-13-16-10-18(16)19(27)14-32-22(29)26-20(24(30)31)9-15-7-5-4-6-8-15/h4-8,11,16,18-20,30-31H,9-10,13-14H2,1-3H3,(H,26,29)/b17-11-/t16-,18-,19+,20+/m1/s1. The highest BCUT2D eigenvalue weighted by Crippen LogP contribution is 2.50. The average Bonchev–Trinajstić information content (AvgIpc) is 3.41. The van der Waals surface area contributed by atoms with Gasteiger partial charge in [0.1, 0.15) is 18.2 Å². The lowest BCUT2D eigenvalue weighted by atomic mass is 9.76. The van der Waals surface area contributed by atoms with Gasteiger partial charge in [-0.05, 0) is 35.7 Å². The largest absolute Gasteiger partial charge is 0.475 e. The molecule has 0 radical (unpaired) electrons. The molecule has 1 aliphatic carbocycles. The van der Waals surface area contributed by atoms with Gasteiger partial charge in [0.25, 0.3) is 5.91 Å². The second-order valence-corrected chi connectivity index (χ2v) is 9.67. The summed E-state index contributed by atoms with van der Waals surface area (Å²) in [7, 11) is -1.75. The zero-order valence-corrected chi connectivity index (χ0v) is 18.7. The number of allylic oxidation sites excluding steroid dienone is 1. The van der Waals surface area contributed by atoms with Crippen LogP contribution in [0, 0.1) is 28.6 Å². The Labute approximate surface area is 189 Å². The summed E-state index contributed by atoms with van der Waals surface area (Å²) in [6, 6.07) is 10.9. The molecule has 0 unspecified atom stereocenters. The first kappa shape index (κ1) is 23.8. The van der Waals surface area contributed by atoms with E-state index in [1.165, 1.54) is 0 Å². The SMILES string of the molecule is CC(C)(C)/C=C(/C#N)C(=O)N1C[C@H]2C[C@H]2[C@@H]1COC(=O)N[C@@H](Cc1ccccc1)B(O)O. The number of rotatable bonds is 7. The van der Waals surface area contributed by atoms with Gasteiger partial charge in [0.05, 0.1) is 12.0 Å². The van der Waals surface area contributed by atoms with E-state index in [4.69, 9.17) is 4.74 Å². The molecule has 170 valence electrons. The van der Waals surface area contributed by atoms with Crippen LogP contribution >= 0.6 is 0 Å². The predicted octanol–water partition coefficient (Wildman–Crippen LogP) is 1.68. The van der Waals surface area contributed by atoms with E-state index < -0.39 is 19.2 Å². The molecule has 0 bridgehead atoms. The van der Waals surface area contributed by atoms with Gasteiger partial charge in [0.15, 0.2) is 0 Å². The maximum absolute atomic E-state index is 13.0. The Bertz CT molecular complexity index is 906. The minimum absolute atomic E-state index is 0.00739. The third kappa shape index (κ3) is 6.12. The number of likely N-dealkylation sites (tertiary alicyclic amines) is 1. The molecular weight excluding hydrogens is 409 g/mol. The number of nitrogens with zero attached hydrogens (tertiary/aromatic N) is 2. The van der Waals surface area contributed by atoms with Crippen molar-refractivity contribution in [3.63, 3.8) is 0 Å². The van der Waals surface area contributed by atoms with Gasteiger partial charge in [0.2, 0.25) is 0 Å². The van der Waals surface area contributed by atoms with Crippen molar-refractivity contribution in [2.75, 3.05) is 13.2 Å². The number of nitrogens with one attached hydrogen (secondary N) is 1. The van der Waals surface area contributed by atoms with Gasteiger partial charge in [-0.3, -0.25) is 4.79 Å². The third-order valence-electron chi connectivity index (χ3n) is 5.84. The molecule has 3 N–H and O–H groups in total. The van der Waals surface area contributed by atoms with E-state index >= 15 is 0 Å². The first-order valence-electron chi connectivity index (χ1n) is 10.9. The van der Waals surface area contributed by atoms with Crippen molar-refractivity contribution in [2.45, 2.75) is 45.6 Å².